The topological polar surface area (TPSA) is 76.7 Å². The van der Waals surface area contributed by atoms with Crippen molar-refractivity contribution in [1.82, 2.24) is 5.32 Å². The van der Waals surface area contributed by atoms with Crippen LogP contribution < -0.4 is 20.1 Å². The molecular weight excluding hydrogens is 380 g/mol. The maximum atomic E-state index is 12.6. The Balaban J connectivity index is 1.52. The lowest BCUT2D eigenvalue weighted by Gasteiger charge is -2.12. The number of benzene rings is 3. The van der Waals surface area contributed by atoms with Crippen LogP contribution in [0.3, 0.4) is 0 Å². The number of methoxy groups -OCH3 is 1. The molecule has 6 heteroatoms. The van der Waals surface area contributed by atoms with Gasteiger partial charge in [-0.15, -0.1) is 0 Å². The highest BCUT2D eigenvalue weighted by Gasteiger charge is 2.13. The summed E-state index contributed by atoms with van der Waals surface area (Å²) >= 11 is 0. The molecular formula is C24H24N2O4. The Kier molecular flexibility index (Phi) is 7.44. The zero-order valence-corrected chi connectivity index (χ0v) is 16.8. The maximum absolute atomic E-state index is 12.6. The van der Waals surface area contributed by atoms with Crippen LogP contribution in [0.5, 0.6) is 11.5 Å². The quantitative estimate of drug-likeness (QED) is 0.570. The molecule has 3 rings (SSSR count). The van der Waals surface area contributed by atoms with Crippen molar-refractivity contribution in [2.24, 2.45) is 0 Å². The standard InChI is InChI=1S/C24H24N2O4/c1-29-21-13-7-5-9-18(21)15-16-25-23(27)17-30-22-14-8-6-12-20(22)24(28)26-19-10-3-2-4-11-19/h2-14H,15-17H2,1H3,(H,25,27)(H,26,28). The minimum absolute atomic E-state index is 0.179. The van der Waals surface area contributed by atoms with E-state index in [1.807, 2.05) is 42.5 Å². The molecule has 0 saturated heterocycles. The van der Waals surface area contributed by atoms with Crippen molar-refractivity contribution in [3.05, 3.63) is 90.0 Å². The second-order valence-corrected chi connectivity index (χ2v) is 6.52. The van der Waals surface area contributed by atoms with Gasteiger partial charge in [-0.05, 0) is 42.3 Å². The van der Waals surface area contributed by atoms with Gasteiger partial charge in [-0.1, -0.05) is 48.5 Å². The molecule has 0 heterocycles. The fourth-order valence-electron chi connectivity index (χ4n) is 2.94. The normalized spacial score (nSPS) is 10.2. The first-order chi connectivity index (χ1) is 14.7. The van der Waals surface area contributed by atoms with Crippen molar-refractivity contribution >= 4 is 17.5 Å². The first kappa shape index (κ1) is 20.9. The molecule has 0 atom stereocenters. The van der Waals surface area contributed by atoms with Gasteiger partial charge in [-0.25, -0.2) is 0 Å². The minimum Gasteiger partial charge on any atom is -0.496 e. The molecule has 0 radical (unpaired) electrons. The Bertz CT molecular complexity index is 989. The summed E-state index contributed by atoms with van der Waals surface area (Å²) in [6.45, 7) is 0.278. The fourth-order valence-corrected chi connectivity index (χ4v) is 2.94. The Labute approximate surface area is 175 Å². The molecule has 0 aliphatic rings. The van der Waals surface area contributed by atoms with Crippen LogP contribution in [0.2, 0.25) is 0 Å². The van der Waals surface area contributed by atoms with Gasteiger partial charge in [-0.3, -0.25) is 9.59 Å². The predicted octanol–water partition coefficient (Wildman–Crippen LogP) is 3.69. The average Bonchev–Trinajstić information content (AvgIpc) is 2.79. The summed E-state index contributed by atoms with van der Waals surface area (Å²) in [6, 6.07) is 23.7. The third-order valence-corrected chi connectivity index (χ3v) is 4.43. The summed E-state index contributed by atoms with van der Waals surface area (Å²) in [6.07, 6.45) is 0.645. The zero-order chi connectivity index (χ0) is 21.2. The van der Waals surface area contributed by atoms with Gasteiger partial charge in [0.25, 0.3) is 11.8 Å². The number of ether oxygens (including phenoxy) is 2. The average molecular weight is 404 g/mol. The number of amides is 2. The van der Waals surface area contributed by atoms with E-state index in [2.05, 4.69) is 10.6 Å². The maximum Gasteiger partial charge on any atom is 0.259 e. The lowest BCUT2D eigenvalue weighted by molar-refractivity contribution is -0.123. The van der Waals surface area contributed by atoms with Gasteiger partial charge < -0.3 is 20.1 Å². The number of anilines is 1. The van der Waals surface area contributed by atoms with E-state index in [9.17, 15) is 9.59 Å². The predicted molar refractivity (Wildman–Crippen MR) is 116 cm³/mol. The highest BCUT2D eigenvalue weighted by Crippen LogP contribution is 2.20. The molecule has 0 fully saturated rings. The molecule has 0 aromatic heterocycles. The smallest absolute Gasteiger partial charge is 0.259 e. The Morgan fingerprint density at radius 1 is 0.833 bits per heavy atom. The highest BCUT2D eigenvalue weighted by molar-refractivity contribution is 6.06. The summed E-state index contributed by atoms with van der Waals surface area (Å²) in [5.41, 5.74) is 2.07. The Morgan fingerprint density at radius 2 is 1.50 bits per heavy atom. The van der Waals surface area contributed by atoms with Crippen LogP contribution in [-0.2, 0) is 11.2 Å². The summed E-state index contributed by atoms with van der Waals surface area (Å²) < 4.78 is 10.9. The SMILES string of the molecule is COc1ccccc1CCNC(=O)COc1ccccc1C(=O)Nc1ccccc1. The van der Waals surface area contributed by atoms with Crippen molar-refractivity contribution in [3.63, 3.8) is 0 Å². The first-order valence-corrected chi connectivity index (χ1v) is 9.64. The molecule has 6 nitrogen and oxygen atoms in total. The van der Waals surface area contributed by atoms with Gasteiger partial charge >= 0.3 is 0 Å². The molecule has 2 N–H and O–H groups in total. The third kappa shape index (κ3) is 5.85. The molecule has 2 amide bonds. The molecule has 0 saturated carbocycles. The number of hydrogen-bond donors (Lipinski definition) is 2. The van der Waals surface area contributed by atoms with Crippen molar-refractivity contribution in [2.45, 2.75) is 6.42 Å². The van der Waals surface area contributed by atoms with Crippen molar-refractivity contribution in [3.8, 4) is 11.5 Å². The van der Waals surface area contributed by atoms with Crippen molar-refractivity contribution in [2.75, 3.05) is 25.6 Å². The third-order valence-electron chi connectivity index (χ3n) is 4.43. The van der Waals surface area contributed by atoms with Crippen LogP contribution >= 0.6 is 0 Å². The van der Waals surface area contributed by atoms with Gasteiger partial charge in [0.05, 0.1) is 12.7 Å². The van der Waals surface area contributed by atoms with Gasteiger partial charge in [0, 0.05) is 12.2 Å². The van der Waals surface area contributed by atoms with Crippen molar-refractivity contribution in [1.29, 1.82) is 0 Å². The first-order valence-electron chi connectivity index (χ1n) is 9.64. The lowest BCUT2D eigenvalue weighted by Crippen LogP contribution is -2.31. The van der Waals surface area contributed by atoms with Gasteiger partial charge in [0.15, 0.2) is 6.61 Å². The number of para-hydroxylation sites is 3. The van der Waals surface area contributed by atoms with Crippen LogP contribution in [-0.4, -0.2) is 32.1 Å². The number of nitrogens with one attached hydrogen (secondary N) is 2. The second kappa shape index (κ2) is 10.7. The van der Waals surface area contributed by atoms with E-state index in [0.29, 0.717) is 30.0 Å². The van der Waals surface area contributed by atoms with E-state index in [1.165, 1.54) is 0 Å². The van der Waals surface area contributed by atoms with Gasteiger partial charge in [0.1, 0.15) is 11.5 Å². The summed E-state index contributed by atoms with van der Waals surface area (Å²) in [5, 5.41) is 5.64. The molecule has 30 heavy (non-hydrogen) atoms. The minimum atomic E-state index is -0.298. The largest absolute Gasteiger partial charge is 0.496 e. The van der Waals surface area contributed by atoms with Crippen LogP contribution in [0, 0.1) is 0 Å². The van der Waals surface area contributed by atoms with Crippen molar-refractivity contribution < 1.29 is 19.1 Å². The Hall–Kier alpha value is -3.80. The molecule has 3 aromatic carbocycles. The molecule has 3 aromatic rings. The lowest BCUT2D eigenvalue weighted by atomic mass is 10.1. The molecule has 0 spiro atoms. The monoisotopic (exact) mass is 404 g/mol. The van der Waals surface area contributed by atoms with Crippen LogP contribution in [0.4, 0.5) is 5.69 Å². The number of hydrogen-bond acceptors (Lipinski definition) is 4. The Morgan fingerprint density at radius 3 is 2.27 bits per heavy atom. The molecule has 0 bridgehead atoms. The molecule has 0 unspecified atom stereocenters. The number of carbonyl (C=O) groups is 2. The fraction of sp³-hybridized carbons (Fsp3) is 0.167. The van der Waals surface area contributed by atoms with Crippen LogP contribution in [0.1, 0.15) is 15.9 Å². The van der Waals surface area contributed by atoms with E-state index in [4.69, 9.17) is 9.47 Å². The summed E-state index contributed by atoms with van der Waals surface area (Å²) in [7, 11) is 1.62. The van der Waals surface area contributed by atoms with Crippen LogP contribution in [0.15, 0.2) is 78.9 Å². The van der Waals surface area contributed by atoms with Crippen LogP contribution in [0.25, 0.3) is 0 Å². The van der Waals surface area contributed by atoms with E-state index in [1.54, 1.807) is 43.5 Å². The van der Waals surface area contributed by atoms with E-state index >= 15 is 0 Å². The van der Waals surface area contributed by atoms with E-state index in [-0.39, 0.29) is 18.4 Å². The highest BCUT2D eigenvalue weighted by atomic mass is 16.5. The van der Waals surface area contributed by atoms with E-state index in [0.717, 1.165) is 11.3 Å². The number of rotatable bonds is 9. The summed E-state index contributed by atoms with van der Waals surface area (Å²) in [5.74, 6) is 0.587. The van der Waals surface area contributed by atoms with Gasteiger partial charge in [-0.2, -0.15) is 0 Å². The number of carbonyl (C=O) groups excluding carboxylic acids is 2. The molecule has 0 aliphatic heterocycles. The molecule has 0 aliphatic carbocycles. The molecule has 154 valence electrons. The van der Waals surface area contributed by atoms with E-state index < -0.39 is 0 Å². The second-order valence-electron chi connectivity index (χ2n) is 6.52. The summed E-state index contributed by atoms with van der Waals surface area (Å²) in [4.78, 5) is 24.7. The van der Waals surface area contributed by atoms with Gasteiger partial charge in [0.2, 0.25) is 0 Å². The zero-order valence-electron chi connectivity index (χ0n) is 16.8.